The van der Waals surface area contributed by atoms with E-state index in [0.717, 1.165) is 12.0 Å². The van der Waals surface area contributed by atoms with Gasteiger partial charge >= 0.3 is 0 Å². The van der Waals surface area contributed by atoms with Gasteiger partial charge in [-0.05, 0) is 31.9 Å². The highest BCUT2D eigenvalue weighted by Gasteiger charge is 2.06. The number of ketones is 1. The molecule has 0 aliphatic heterocycles. The number of benzene rings is 1. The standard InChI is InChI=1S/C16H22O2/c1-4-5-15(17)11-16(18)7-6-14-9-12(2)8-13(3)10-14/h6-10,15,17H,4-5,11H2,1-3H3/b7-6+. The molecule has 0 aromatic heterocycles. The van der Waals surface area contributed by atoms with Crippen molar-refractivity contribution >= 4 is 11.9 Å². The molecule has 1 aromatic rings. The van der Waals surface area contributed by atoms with Gasteiger partial charge < -0.3 is 5.11 Å². The van der Waals surface area contributed by atoms with E-state index in [1.165, 1.54) is 11.1 Å². The third-order valence-electron chi connectivity index (χ3n) is 2.76. The van der Waals surface area contributed by atoms with E-state index in [1.54, 1.807) is 6.08 Å². The third kappa shape index (κ3) is 5.28. The molecule has 0 amide bonds. The SMILES string of the molecule is CCCC(O)CC(=O)/C=C/c1cc(C)cc(C)c1. The highest BCUT2D eigenvalue weighted by molar-refractivity contribution is 5.93. The van der Waals surface area contributed by atoms with Crippen LogP contribution in [0.15, 0.2) is 24.3 Å². The zero-order chi connectivity index (χ0) is 13.5. The molecule has 1 aromatic carbocycles. The third-order valence-corrected chi connectivity index (χ3v) is 2.76. The minimum atomic E-state index is -0.508. The van der Waals surface area contributed by atoms with E-state index in [2.05, 4.69) is 6.07 Å². The minimum absolute atomic E-state index is 0.0184. The van der Waals surface area contributed by atoms with Gasteiger partial charge in [-0.2, -0.15) is 0 Å². The first kappa shape index (κ1) is 14.7. The number of aliphatic hydroxyl groups excluding tert-OH is 1. The molecule has 1 unspecified atom stereocenters. The predicted octanol–water partition coefficient (Wildman–Crippen LogP) is 3.44. The molecule has 18 heavy (non-hydrogen) atoms. The molecule has 0 bridgehead atoms. The Kier molecular flexibility index (Phi) is 5.79. The summed E-state index contributed by atoms with van der Waals surface area (Å²) in [6.45, 7) is 6.08. The number of aliphatic hydroxyl groups is 1. The first-order chi connectivity index (χ1) is 8.51. The quantitative estimate of drug-likeness (QED) is 0.781. The van der Waals surface area contributed by atoms with Gasteiger partial charge in [-0.3, -0.25) is 4.79 Å². The smallest absolute Gasteiger partial charge is 0.158 e. The van der Waals surface area contributed by atoms with Crippen LogP contribution in [0, 0.1) is 13.8 Å². The zero-order valence-corrected chi connectivity index (χ0v) is 11.4. The summed E-state index contributed by atoms with van der Waals surface area (Å²) in [6.07, 6.45) is 4.67. The van der Waals surface area contributed by atoms with Crippen LogP contribution in [0.2, 0.25) is 0 Å². The summed E-state index contributed by atoms with van der Waals surface area (Å²) in [5.74, 6) is -0.0184. The molecule has 0 spiro atoms. The van der Waals surface area contributed by atoms with Crippen LogP contribution in [-0.4, -0.2) is 17.0 Å². The molecule has 1 N–H and O–H groups in total. The zero-order valence-electron chi connectivity index (χ0n) is 11.4. The molecular weight excluding hydrogens is 224 g/mol. The second-order valence-corrected chi connectivity index (χ2v) is 4.87. The maximum Gasteiger partial charge on any atom is 0.158 e. The molecule has 2 nitrogen and oxygen atoms in total. The van der Waals surface area contributed by atoms with Crippen molar-refractivity contribution in [3.05, 3.63) is 41.0 Å². The number of aryl methyl sites for hydroxylation is 2. The van der Waals surface area contributed by atoms with Gasteiger partial charge in [0.25, 0.3) is 0 Å². The number of hydrogen-bond donors (Lipinski definition) is 1. The minimum Gasteiger partial charge on any atom is -0.393 e. The van der Waals surface area contributed by atoms with Crippen molar-refractivity contribution in [2.75, 3.05) is 0 Å². The van der Waals surface area contributed by atoms with Gasteiger partial charge in [-0.25, -0.2) is 0 Å². The van der Waals surface area contributed by atoms with Gasteiger partial charge in [0.05, 0.1) is 6.10 Å². The van der Waals surface area contributed by atoms with Crippen molar-refractivity contribution in [1.29, 1.82) is 0 Å². The number of hydrogen-bond acceptors (Lipinski definition) is 2. The summed E-state index contributed by atoms with van der Waals surface area (Å²) in [5.41, 5.74) is 3.41. The van der Waals surface area contributed by atoms with Gasteiger partial charge in [0.2, 0.25) is 0 Å². The van der Waals surface area contributed by atoms with Gasteiger partial charge in [0.15, 0.2) is 5.78 Å². The normalized spacial score (nSPS) is 12.9. The summed E-state index contributed by atoms with van der Waals surface area (Å²) >= 11 is 0. The maximum atomic E-state index is 11.6. The van der Waals surface area contributed by atoms with Crippen LogP contribution in [-0.2, 0) is 4.79 Å². The van der Waals surface area contributed by atoms with E-state index >= 15 is 0 Å². The van der Waals surface area contributed by atoms with E-state index in [4.69, 9.17) is 0 Å². The summed E-state index contributed by atoms with van der Waals surface area (Å²) in [7, 11) is 0. The highest BCUT2D eigenvalue weighted by Crippen LogP contribution is 2.11. The topological polar surface area (TPSA) is 37.3 Å². The maximum absolute atomic E-state index is 11.6. The number of allylic oxidation sites excluding steroid dienone is 1. The van der Waals surface area contributed by atoms with Crippen molar-refractivity contribution in [3.63, 3.8) is 0 Å². The molecule has 0 aliphatic rings. The van der Waals surface area contributed by atoms with E-state index in [1.807, 2.05) is 39.0 Å². The Morgan fingerprint density at radius 3 is 2.44 bits per heavy atom. The molecule has 1 rings (SSSR count). The van der Waals surface area contributed by atoms with Crippen LogP contribution < -0.4 is 0 Å². The Balaban J connectivity index is 2.60. The van der Waals surface area contributed by atoms with Crippen molar-refractivity contribution in [2.24, 2.45) is 0 Å². The fourth-order valence-corrected chi connectivity index (χ4v) is 2.03. The molecular formula is C16H22O2. The molecule has 0 aliphatic carbocycles. The average molecular weight is 246 g/mol. The first-order valence-corrected chi connectivity index (χ1v) is 6.48. The van der Waals surface area contributed by atoms with Crippen LogP contribution in [0.3, 0.4) is 0 Å². The Morgan fingerprint density at radius 1 is 1.28 bits per heavy atom. The van der Waals surface area contributed by atoms with Gasteiger partial charge in [-0.15, -0.1) is 0 Å². The fraction of sp³-hybridized carbons (Fsp3) is 0.438. The van der Waals surface area contributed by atoms with Crippen LogP contribution in [0.5, 0.6) is 0 Å². The molecule has 0 fully saturated rings. The van der Waals surface area contributed by atoms with Crippen LogP contribution in [0.25, 0.3) is 6.08 Å². The number of carbonyl (C=O) groups is 1. The van der Waals surface area contributed by atoms with Gasteiger partial charge in [0, 0.05) is 6.42 Å². The molecule has 0 saturated heterocycles. The Labute approximate surface area is 109 Å². The Hall–Kier alpha value is -1.41. The van der Waals surface area contributed by atoms with E-state index < -0.39 is 6.10 Å². The Morgan fingerprint density at radius 2 is 1.89 bits per heavy atom. The lowest BCUT2D eigenvalue weighted by atomic mass is 10.0. The molecule has 2 heteroatoms. The Bertz CT molecular complexity index is 412. The average Bonchev–Trinajstić information content (AvgIpc) is 2.25. The summed E-state index contributed by atoms with van der Waals surface area (Å²) < 4.78 is 0. The summed E-state index contributed by atoms with van der Waals surface area (Å²) in [6, 6.07) is 6.18. The highest BCUT2D eigenvalue weighted by atomic mass is 16.3. The number of rotatable bonds is 6. The predicted molar refractivity (Wildman–Crippen MR) is 75.5 cm³/mol. The fourth-order valence-electron chi connectivity index (χ4n) is 2.03. The van der Waals surface area contributed by atoms with Crippen LogP contribution in [0.1, 0.15) is 42.9 Å². The van der Waals surface area contributed by atoms with Gasteiger partial charge in [0.1, 0.15) is 0 Å². The van der Waals surface area contributed by atoms with Gasteiger partial charge in [-0.1, -0.05) is 48.7 Å². The summed E-state index contributed by atoms with van der Waals surface area (Å²) in [4.78, 5) is 11.6. The number of carbonyl (C=O) groups excluding carboxylic acids is 1. The van der Waals surface area contributed by atoms with E-state index in [-0.39, 0.29) is 12.2 Å². The van der Waals surface area contributed by atoms with Crippen molar-refractivity contribution in [1.82, 2.24) is 0 Å². The second kappa shape index (κ2) is 7.12. The second-order valence-electron chi connectivity index (χ2n) is 4.87. The lowest BCUT2D eigenvalue weighted by Gasteiger charge is -2.05. The monoisotopic (exact) mass is 246 g/mol. The first-order valence-electron chi connectivity index (χ1n) is 6.48. The van der Waals surface area contributed by atoms with Crippen molar-refractivity contribution in [3.8, 4) is 0 Å². The van der Waals surface area contributed by atoms with Crippen molar-refractivity contribution in [2.45, 2.75) is 46.1 Å². The van der Waals surface area contributed by atoms with E-state index in [9.17, 15) is 9.90 Å². The lowest BCUT2D eigenvalue weighted by Crippen LogP contribution is -2.11. The molecule has 0 saturated carbocycles. The van der Waals surface area contributed by atoms with E-state index in [0.29, 0.717) is 6.42 Å². The molecule has 0 heterocycles. The van der Waals surface area contributed by atoms with Crippen LogP contribution in [0.4, 0.5) is 0 Å². The molecule has 0 radical (unpaired) electrons. The molecule has 1 atom stereocenters. The molecule has 98 valence electrons. The largest absolute Gasteiger partial charge is 0.393 e. The van der Waals surface area contributed by atoms with Crippen LogP contribution >= 0.6 is 0 Å². The van der Waals surface area contributed by atoms with Crippen molar-refractivity contribution < 1.29 is 9.90 Å². The lowest BCUT2D eigenvalue weighted by molar-refractivity contribution is -0.116. The summed E-state index contributed by atoms with van der Waals surface area (Å²) in [5, 5.41) is 9.55.